The smallest absolute Gasteiger partial charge is 0.224 e. The van der Waals surface area contributed by atoms with Gasteiger partial charge in [-0.25, -0.2) is 9.98 Å². The average Bonchev–Trinajstić information content (AvgIpc) is 3.88. The fourth-order valence-corrected chi connectivity index (χ4v) is 11.0. The van der Waals surface area contributed by atoms with E-state index in [4.69, 9.17) is 14.7 Å². The zero-order chi connectivity index (χ0) is 41.9. The third kappa shape index (κ3) is 4.79. The summed E-state index contributed by atoms with van der Waals surface area (Å²) in [4.78, 5) is 10.8. The Morgan fingerprint density at radius 2 is 0.969 bits per heavy atom. The summed E-state index contributed by atoms with van der Waals surface area (Å²) < 4.78 is 11.9. The Morgan fingerprint density at radius 3 is 1.75 bits per heavy atom. The van der Waals surface area contributed by atoms with Gasteiger partial charge in [0.25, 0.3) is 0 Å². The Bertz CT molecular complexity index is 3790. The van der Waals surface area contributed by atoms with Crippen molar-refractivity contribution in [2.45, 2.75) is 11.7 Å². The van der Waals surface area contributed by atoms with Gasteiger partial charge in [0.15, 0.2) is 0 Å². The Hall–Kier alpha value is -8.48. The number of rotatable bonds is 4. The predicted octanol–water partition coefficient (Wildman–Crippen LogP) is 13.3. The van der Waals surface area contributed by atoms with E-state index < -0.39 is 11.7 Å². The van der Waals surface area contributed by atoms with Crippen LogP contribution in [-0.2, 0) is 5.41 Å². The lowest BCUT2D eigenvalue weighted by Gasteiger charge is -2.45. The molecule has 11 aromatic rings. The molecule has 64 heavy (non-hydrogen) atoms. The third-order valence-electron chi connectivity index (χ3n) is 13.6. The maximum absolute atomic E-state index is 7.13. The second-order valence-electron chi connectivity index (χ2n) is 16.9. The lowest BCUT2D eigenvalue weighted by molar-refractivity contribution is 0.434. The highest BCUT2D eigenvalue weighted by Crippen LogP contribution is 2.61. The molecular weight excluding hydrogens is 783 g/mol. The van der Waals surface area contributed by atoms with Crippen molar-refractivity contribution in [3.8, 4) is 28.3 Å². The van der Waals surface area contributed by atoms with Gasteiger partial charge in [-0.05, 0) is 52.6 Å². The van der Waals surface area contributed by atoms with E-state index in [1.807, 2.05) is 12.1 Å². The average molecular weight is 820 g/mol. The van der Waals surface area contributed by atoms with E-state index >= 15 is 0 Å². The number of aliphatic imine (C=N–C) groups is 2. The fraction of sp³-hybridized carbons (Fsp3) is 0.0345. The van der Waals surface area contributed by atoms with E-state index in [1.54, 1.807) is 0 Å². The number of nitrogens with zero attached hydrogens (tertiary/aromatic N) is 4. The van der Waals surface area contributed by atoms with Crippen molar-refractivity contribution in [2.24, 2.45) is 9.98 Å². The molecule has 3 aliphatic heterocycles. The quantitative estimate of drug-likeness (QED) is 0.192. The van der Waals surface area contributed by atoms with Crippen LogP contribution in [0, 0.1) is 0 Å². The molecule has 2 unspecified atom stereocenters. The van der Waals surface area contributed by atoms with Crippen LogP contribution in [0.1, 0.15) is 39.7 Å². The molecule has 0 fully saturated rings. The van der Waals surface area contributed by atoms with Crippen LogP contribution in [0.25, 0.3) is 60.4 Å². The number of amidine groups is 2. The second kappa shape index (κ2) is 13.3. The molecule has 1 N–H and O–H groups in total. The highest BCUT2D eigenvalue weighted by molar-refractivity contribution is 6.17. The predicted molar refractivity (Wildman–Crippen MR) is 259 cm³/mol. The number of para-hydroxylation sites is 5. The summed E-state index contributed by atoms with van der Waals surface area (Å²) in [5, 5.41) is 8.36. The number of nitrogens with one attached hydrogen (secondary N) is 1. The van der Waals surface area contributed by atoms with Gasteiger partial charge in [0.05, 0.1) is 33.2 Å². The van der Waals surface area contributed by atoms with Gasteiger partial charge >= 0.3 is 0 Å². The normalized spacial score (nSPS) is 17.1. The number of fused-ring (bicyclic) bond motifs is 14. The number of hydrogen-bond acceptors (Lipinski definition) is 4. The van der Waals surface area contributed by atoms with Gasteiger partial charge in [0.2, 0.25) is 6.29 Å². The van der Waals surface area contributed by atoms with Gasteiger partial charge in [-0.3, -0.25) is 4.57 Å². The summed E-state index contributed by atoms with van der Waals surface area (Å²) in [6.07, 6.45) is -0.620. The number of aromatic nitrogens is 2. The van der Waals surface area contributed by atoms with Crippen LogP contribution in [0.3, 0.4) is 0 Å². The van der Waals surface area contributed by atoms with Crippen LogP contribution in [0.2, 0.25) is 0 Å². The first-order valence-corrected chi connectivity index (χ1v) is 21.8. The van der Waals surface area contributed by atoms with Crippen molar-refractivity contribution < 1.29 is 4.74 Å². The molecule has 2 aromatic heterocycles. The first-order valence-electron chi connectivity index (χ1n) is 21.8. The first-order chi connectivity index (χ1) is 31.7. The standard InChI is InChI=1S/C58H37N5O/c1-3-16-36(17-4-1)37-30-32-39(33-31-37)56-59-55(38-18-5-2-6-19-38)60-57(61-56)63-49-27-12-8-21-41(49)43-34-47-53(35-51(43)63)64-52-29-14-10-24-45(52)58(47)44-23-9-13-28-50(44)62-48-26-11-7-20-40(48)42-22-15-25-46(58)54(42)62/h1-35,57H,(H,59,60,61). The SMILES string of the molecule is c1ccc(C2=NC(n3c4ccccc4c4cc5c(cc43)Oc3ccccc3C53c4ccccc4-n4c5ccccc5c5cccc3c54)N=C(c3ccc(-c4ccccc4)cc3)N2)cc1. The van der Waals surface area contributed by atoms with Crippen LogP contribution in [-0.4, -0.2) is 20.8 Å². The zero-order valence-electron chi connectivity index (χ0n) is 34.5. The van der Waals surface area contributed by atoms with Crippen LogP contribution in [0.5, 0.6) is 11.5 Å². The molecule has 0 saturated heterocycles. The molecule has 5 heterocycles. The third-order valence-corrected chi connectivity index (χ3v) is 13.6. The van der Waals surface area contributed by atoms with Crippen molar-refractivity contribution in [2.75, 3.05) is 0 Å². The number of hydrogen-bond donors (Lipinski definition) is 1. The van der Waals surface area contributed by atoms with Crippen LogP contribution < -0.4 is 10.1 Å². The molecule has 0 bridgehead atoms. The Labute approximate surface area is 368 Å². The van der Waals surface area contributed by atoms with Gasteiger partial charge in [0, 0.05) is 49.9 Å². The van der Waals surface area contributed by atoms with Gasteiger partial charge in [0.1, 0.15) is 23.2 Å². The Morgan fingerprint density at radius 1 is 0.406 bits per heavy atom. The molecule has 1 spiro atoms. The molecule has 3 aliphatic rings. The molecule has 0 aliphatic carbocycles. The maximum atomic E-state index is 7.13. The van der Waals surface area contributed by atoms with Crippen LogP contribution in [0.15, 0.2) is 222 Å². The van der Waals surface area contributed by atoms with E-state index in [1.165, 1.54) is 44.2 Å². The molecule has 0 saturated carbocycles. The van der Waals surface area contributed by atoms with E-state index in [-0.39, 0.29) is 0 Å². The van der Waals surface area contributed by atoms with Crippen molar-refractivity contribution in [3.05, 3.63) is 246 Å². The molecule has 6 nitrogen and oxygen atoms in total. The van der Waals surface area contributed by atoms with Crippen LogP contribution in [0.4, 0.5) is 0 Å². The number of ether oxygens (including phenoxy) is 1. The molecule has 14 rings (SSSR count). The first kappa shape index (κ1) is 35.2. The number of benzene rings is 9. The van der Waals surface area contributed by atoms with E-state index in [0.717, 1.165) is 72.8 Å². The largest absolute Gasteiger partial charge is 0.457 e. The molecule has 0 radical (unpaired) electrons. The Balaban J connectivity index is 1.04. The topological polar surface area (TPSA) is 55.8 Å². The molecule has 300 valence electrons. The maximum Gasteiger partial charge on any atom is 0.224 e. The molecule has 6 heteroatoms. The molecule has 9 aromatic carbocycles. The molecule has 0 amide bonds. The minimum atomic E-state index is -0.688. The summed E-state index contributed by atoms with van der Waals surface area (Å²) >= 11 is 0. The van der Waals surface area contributed by atoms with Gasteiger partial charge in [-0.15, -0.1) is 0 Å². The van der Waals surface area contributed by atoms with Crippen LogP contribution >= 0.6 is 0 Å². The van der Waals surface area contributed by atoms with Crippen molar-refractivity contribution >= 4 is 55.3 Å². The molecule has 2 atom stereocenters. The lowest BCUT2D eigenvalue weighted by Crippen LogP contribution is -2.38. The minimum absolute atomic E-state index is 0.620. The summed E-state index contributed by atoms with van der Waals surface area (Å²) in [6.45, 7) is 0. The van der Waals surface area contributed by atoms with Crippen molar-refractivity contribution in [1.82, 2.24) is 14.5 Å². The van der Waals surface area contributed by atoms with E-state index in [0.29, 0.717) is 0 Å². The Kier molecular flexibility index (Phi) is 7.28. The summed E-state index contributed by atoms with van der Waals surface area (Å²) in [6, 6.07) is 76.0. The summed E-state index contributed by atoms with van der Waals surface area (Å²) in [7, 11) is 0. The highest BCUT2D eigenvalue weighted by atomic mass is 16.5. The lowest BCUT2D eigenvalue weighted by atomic mass is 9.61. The minimum Gasteiger partial charge on any atom is -0.457 e. The fourth-order valence-electron chi connectivity index (χ4n) is 11.0. The summed E-state index contributed by atoms with van der Waals surface area (Å²) in [5.41, 5.74) is 14.0. The van der Waals surface area contributed by atoms with E-state index in [2.05, 4.69) is 215 Å². The zero-order valence-corrected chi connectivity index (χ0v) is 34.5. The second-order valence-corrected chi connectivity index (χ2v) is 16.9. The summed E-state index contributed by atoms with van der Waals surface area (Å²) in [5.74, 6) is 3.18. The van der Waals surface area contributed by atoms with Crippen molar-refractivity contribution in [1.29, 1.82) is 0 Å². The molecular formula is C58H37N5O. The highest BCUT2D eigenvalue weighted by Gasteiger charge is 2.50. The van der Waals surface area contributed by atoms with Gasteiger partial charge in [-0.1, -0.05) is 176 Å². The van der Waals surface area contributed by atoms with E-state index in [9.17, 15) is 0 Å². The van der Waals surface area contributed by atoms with Gasteiger partial charge < -0.3 is 14.6 Å². The van der Waals surface area contributed by atoms with Crippen molar-refractivity contribution in [3.63, 3.8) is 0 Å². The van der Waals surface area contributed by atoms with Gasteiger partial charge in [-0.2, -0.15) is 0 Å². The monoisotopic (exact) mass is 819 g/mol.